The molecule has 0 saturated heterocycles. The summed E-state index contributed by atoms with van der Waals surface area (Å²) in [5.41, 5.74) is 6.98. The number of aromatic nitrogens is 2. The van der Waals surface area contributed by atoms with Crippen LogP contribution >= 0.6 is 0 Å². The van der Waals surface area contributed by atoms with Crippen LogP contribution in [0.25, 0.3) is 0 Å². The van der Waals surface area contributed by atoms with E-state index in [0.29, 0.717) is 13.0 Å². The van der Waals surface area contributed by atoms with Gasteiger partial charge in [-0.3, -0.25) is 4.79 Å². The standard InChI is InChI=1S/C15H20N4O/c16-14(11-13-5-2-1-3-6-13)15(20)18-7-4-9-19-10-8-17-12-19/h1-3,5-6,8,10,12,14H,4,7,9,11,16H2,(H,18,20)/t14-/m1/s1. The van der Waals surface area contributed by atoms with Gasteiger partial charge in [0.15, 0.2) is 0 Å². The van der Waals surface area contributed by atoms with E-state index in [1.54, 1.807) is 12.5 Å². The minimum absolute atomic E-state index is 0.0977. The highest BCUT2D eigenvalue weighted by Crippen LogP contribution is 2.01. The summed E-state index contributed by atoms with van der Waals surface area (Å²) in [6.45, 7) is 1.47. The van der Waals surface area contributed by atoms with E-state index < -0.39 is 6.04 Å². The monoisotopic (exact) mass is 272 g/mol. The molecule has 0 bridgehead atoms. The number of carbonyl (C=O) groups is 1. The molecule has 1 aromatic carbocycles. The molecule has 0 aliphatic carbocycles. The zero-order valence-corrected chi connectivity index (χ0v) is 11.4. The first-order valence-electron chi connectivity index (χ1n) is 6.78. The topological polar surface area (TPSA) is 72.9 Å². The van der Waals surface area contributed by atoms with E-state index in [9.17, 15) is 4.79 Å². The first kappa shape index (κ1) is 14.3. The number of amides is 1. The van der Waals surface area contributed by atoms with Crippen molar-refractivity contribution in [3.63, 3.8) is 0 Å². The number of hydrogen-bond acceptors (Lipinski definition) is 3. The van der Waals surface area contributed by atoms with Crippen molar-refractivity contribution in [1.29, 1.82) is 0 Å². The number of hydrogen-bond donors (Lipinski definition) is 2. The molecule has 0 fully saturated rings. The van der Waals surface area contributed by atoms with Crippen molar-refractivity contribution in [1.82, 2.24) is 14.9 Å². The van der Waals surface area contributed by atoms with Crippen molar-refractivity contribution in [3.05, 3.63) is 54.6 Å². The lowest BCUT2D eigenvalue weighted by atomic mass is 10.1. The molecule has 0 aliphatic heterocycles. The summed E-state index contributed by atoms with van der Waals surface area (Å²) >= 11 is 0. The molecule has 0 spiro atoms. The van der Waals surface area contributed by atoms with Crippen molar-refractivity contribution in [2.75, 3.05) is 6.54 Å². The van der Waals surface area contributed by atoms with E-state index >= 15 is 0 Å². The largest absolute Gasteiger partial charge is 0.355 e. The normalized spacial score (nSPS) is 12.1. The molecule has 5 heteroatoms. The highest BCUT2D eigenvalue weighted by Gasteiger charge is 2.12. The Balaban J connectivity index is 1.66. The van der Waals surface area contributed by atoms with Gasteiger partial charge in [0, 0.05) is 25.5 Å². The van der Waals surface area contributed by atoms with Crippen LogP contribution in [0.3, 0.4) is 0 Å². The third kappa shape index (κ3) is 4.51. The number of imidazole rings is 1. The molecule has 20 heavy (non-hydrogen) atoms. The fourth-order valence-corrected chi connectivity index (χ4v) is 1.98. The van der Waals surface area contributed by atoms with Crippen LogP contribution in [0.5, 0.6) is 0 Å². The fraction of sp³-hybridized carbons (Fsp3) is 0.333. The van der Waals surface area contributed by atoms with Crippen LogP contribution in [0.15, 0.2) is 49.1 Å². The molecule has 1 heterocycles. The maximum Gasteiger partial charge on any atom is 0.237 e. The van der Waals surface area contributed by atoms with Gasteiger partial charge in [-0.05, 0) is 18.4 Å². The van der Waals surface area contributed by atoms with Crippen LogP contribution < -0.4 is 11.1 Å². The number of carbonyl (C=O) groups excluding carboxylic acids is 1. The predicted octanol–water partition coefficient (Wildman–Crippen LogP) is 0.959. The second-order valence-corrected chi connectivity index (χ2v) is 4.74. The van der Waals surface area contributed by atoms with E-state index in [4.69, 9.17) is 5.73 Å². The van der Waals surface area contributed by atoms with E-state index in [0.717, 1.165) is 18.5 Å². The van der Waals surface area contributed by atoms with Crippen LogP contribution in [-0.4, -0.2) is 28.0 Å². The quantitative estimate of drug-likeness (QED) is 0.737. The Labute approximate surface area is 118 Å². The average molecular weight is 272 g/mol. The van der Waals surface area contributed by atoms with E-state index in [-0.39, 0.29) is 5.91 Å². The average Bonchev–Trinajstić information content (AvgIpc) is 2.97. The zero-order chi connectivity index (χ0) is 14.2. The van der Waals surface area contributed by atoms with Crippen molar-refractivity contribution in [3.8, 4) is 0 Å². The second-order valence-electron chi connectivity index (χ2n) is 4.74. The van der Waals surface area contributed by atoms with Gasteiger partial charge in [0.2, 0.25) is 5.91 Å². The molecule has 5 nitrogen and oxygen atoms in total. The van der Waals surface area contributed by atoms with Gasteiger partial charge in [0.05, 0.1) is 12.4 Å². The molecule has 106 valence electrons. The van der Waals surface area contributed by atoms with Gasteiger partial charge in [0.1, 0.15) is 0 Å². The van der Waals surface area contributed by atoms with Crippen molar-refractivity contribution < 1.29 is 4.79 Å². The van der Waals surface area contributed by atoms with Crippen LogP contribution in [0.1, 0.15) is 12.0 Å². The molecule has 2 aromatic rings. The number of nitrogens with zero attached hydrogens (tertiary/aromatic N) is 2. The Morgan fingerprint density at radius 3 is 2.85 bits per heavy atom. The van der Waals surface area contributed by atoms with Crippen molar-refractivity contribution >= 4 is 5.91 Å². The van der Waals surface area contributed by atoms with Gasteiger partial charge in [0.25, 0.3) is 0 Å². The molecular formula is C15H20N4O. The third-order valence-corrected chi connectivity index (χ3v) is 3.09. The molecule has 1 atom stereocenters. The van der Waals surface area contributed by atoms with Crippen LogP contribution in [0.2, 0.25) is 0 Å². The van der Waals surface area contributed by atoms with Crippen LogP contribution in [-0.2, 0) is 17.8 Å². The Hall–Kier alpha value is -2.14. The molecule has 2 rings (SSSR count). The minimum Gasteiger partial charge on any atom is -0.355 e. The first-order valence-corrected chi connectivity index (χ1v) is 6.78. The molecule has 1 aromatic heterocycles. The van der Waals surface area contributed by atoms with E-state index in [2.05, 4.69) is 10.3 Å². The van der Waals surface area contributed by atoms with Gasteiger partial charge >= 0.3 is 0 Å². The Bertz CT molecular complexity index is 510. The number of nitrogens with one attached hydrogen (secondary N) is 1. The number of aryl methyl sites for hydroxylation is 1. The van der Waals surface area contributed by atoms with Gasteiger partial charge < -0.3 is 15.6 Å². The van der Waals surface area contributed by atoms with Gasteiger partial charge in [-0.25, -0.2) is 4.98 Å². The fourth-order valence-electron chi connectivity index (χ4n) is 1.98. The molecule has 3 N–H and O–H groups in total. The lowest BCUT2D eigenvalue weighted by Gasteiger charge is -2.12. The Morgan fingerprint density at radius 1 is 1.35 bits per heavy atom. The van der Waals surface area contributed by atoms with Crippen LogP contribution in [0, 0.1) is 0 Å². The summed E-state index contributed by atoms with van der Waals surface area (Å²) in [6, 6.07) is 9.31. The number of benzene rings is 1. The summed E-state index contributed by atoms with van der Waals surface area (Å²) in [6.07, 6.45) is 6.84. The maximum atomic E-state index is 11.9. The van der Waals surface area contributed by atoms with Gasteiger partial charge in [-0.1, -0.05) is 30.3 Å². The SMILES string of the molecule is N[C@H](Cc1ccccc1)C(=O)NCCCn1ccnc1. The Kier molecular flexibility index (Phi) is 5.32. The molecule has 0 radical (unpaired) electrons. The van der Waals surface area contributed by atoms with Crippen molar-refractivity contribution in [2.24, 2.45) is 5.73 Å². The van der Waals surface area contributed by atoms with Crippen LogP contribution in [0.4, 0.5) is 0 Å². The van der Waals surface area contributed by atoms with Crippen molar-refractivity contribution in [2.45, 2.75) is 25.4 Å². The van der Waals surface area contributed by atoms with Gasteiger partial charge in [-0.15, -0.1) is 0 Å². The summed E-state index contributed by atoms with van der Waals surface area (Å²) < 4.78 is 1.98. The third-order valence-electron chi connectivity index (χ3n) is 3.09. The number of rotatable bonds is 7. The highest BCUT2D eigenvalue weighted by molar-refractivity contribution is 5.81. The number of nitrogens with two attached hydrogens (primary N) is 1. The zero-order valence-electron chi connectivity index (χ0n) is 11.4. The smallest absolute Gasteiger partial charge is 0.237 e. The molecule has 0 saturated carbocycles. The summed E-state index contributed by atoms with van der Waals surface area (Å²) in [7, 11) is 0. The molecular weight excluding hydrogens is 252 g/mol. The lowest BCUT2D eigenvalue weighted by molar-refractivity contribution is -0.122. The molecule has 0 unspecified atom stereocenters. The summed E-state index contributed by atoms with van der Waals surface area (Å²) in [5.74, 6) is -0.0977. The predicted molar refractivity (Wildman–Crippen MR) is 78.0 cm³/mol. The summed E-state index contributed by atoms with van der Waals surface area (Å²) in [4.78, 5) is 15.8. The Morgan fingerprint density at radius 2 is 2.15 bits per heavy atom. The highest BCUT2D eigenvalue weighted by atomic mass is 16.2. The van der Waals surface area contributed by atoms with E-state index in [1.807, 2.05) is 41.1 Å². The first-order chi connectivity index (χ1) is 9.75. The minimum atomic E-state index is -0.495. The maximum absolute atomic E-state index is 11.9. The molecule has 1 amide bonds. The lowest BCUT2D eigenvalue weighted by Crippen LogP contribution is -2.42. The van der Waals surface area contributed by atoms with E-state index in [1.165, 1.54) is 0 Å². The summed E-state index contributed by atoms with van der Waals surface area (Å²) in [5, 5.41) is 2.87. The van der Waals surface area contributed by atoms with Gasteiger partial charge in [-0.2, -0.15) is 0 Å². The molecule has 0 aliphatic rings. The second kappa shape index (κ2) is 7.45.